The van der Waals surface area contributed by atoms with E-state index in [4.69, 9.17) is 14.6 Å². The molecule has 30 heavy (non-hydrogen) atoms. The van der Waals surface area contributed by atoms with E-state index in [9.17, 15) is 18.0 Å². The molecular weight excluding hydrogens is 407 g/mol. The number of ether oxygens (including phenoxy) is 3. The molecule has 11 heteroatoms. The van der Waals surface area contributed by atoms with Crippen LogP contribution in [-0.2, 0) is 11.4 Å². The van der Waals surface area contributed by atoms with E-state index in [1.807, 2.05) is 0 Å². The first kappa shape index (κ1) is 21.6. The number of hydrogen-bond donors (Lipinski definition) is 1. The van der Waals surface area contributed by atoms with Crippen LogP contribution in [-0.4, -0.2) is 58.3 Å². The SMILES string of the molecule is O=C(CCOc1ccc(CO)cc1)N1CCC(Oc2nnccc2OC(F)(F)F)C1. The maximum absolute atomic E-state index is 12.5. The second-order valence-electron chi connectivity index (χ2n) is 6.52. The van der Waals surface area contributed by atoms with Crippen molar-refractivity contribution in [2.24, 2.45) is 0 Å². The lowest BCUT2D eigenvalue weighted by molar-refractivity contribution is -0.275. The first-order chi connectivity index (χ1) is 14.3. The van der Waals surface area contributed by atoms with Gasteiger partial charge in [0.1, 0.15) is 11.9 Å². The molecule has 1 aromatic carbocycles. The summed E-state index contributed by atoms with van der Waals surface area (Å²) in [5, 5.41) is 16.1. The Balaban J connectivity index is 1.46. The van der Waals surface area contributed by atoms with Gasteiger partial charge >= 0.3 is 6.36 Å². The van der Waals surface area contributed by atoms with Crippen LogP contribution in [0.4, 0.5) is 13.2 Å². The molecule has 162 valence electrons. The number of aliphatic hydroxyl groups excluding tert-OH is 1. The number of rotatable bonds is 8. The number of hydrogen-bond acceptors (Lipinski definition) is 7. The molecule has 2 heterocycles. The lowest BCUT2D eigenvalue weighted by Gasteiger charge is -2.18. The first-order valence-corrected chi connectivity index (χ1v) is 9.18. The zero-order valence-corrected chi connectivity index (χ0v) is 15.8. The highest BCUT2D eigenvalue weighted by Crippen LogP contribution is 2.31. The monoisotopic (exact) mass is 427 g/mol. The van der Waals surface area contributed by atoms with E-state index in [2.05, 4.69) is 14.9 Å². The summed E-state index contributed by atoms with van der Waals surface area (Å²) in [6.07, 6.45) is -3.75. The van der Waals surface area contributed by atoms with Crippen molar-refractivity contribution in [2.45, 2.75) is 31.9 Å². The molecule has 0 aliphatic carbocycles. The second kappa shape index (κ2) is 9.61. The van der Waals surface area contributed by atoms with Gasteiger partial charge in [0.2, 0.25) is 5.91 Å². The van der Waals surface area contributed by atoms with Crippen LogP contribution in [0.5, 0.6) is 17.4 Å². The number of aliphatic hydroxyl groups is 1. The Labute approximate surface area is 170 Å². The van der Waals surface area contributed by atoms with E-state index in [-0.39, 0.29) is 38.0 Å². The number of nitrogens with zero attached hydrogens (tertiary/aromatic N) is 3. The zero-order valence-electron chi connectivity index (χ0n) is 15.8. The van der Waals surface area contributed by atoms with E-state index in [1.54, 1.807) is 29.2 Å². The Kier molecular flexibility index (Phi) is 6.93. The molecule has 1 saturated heterocycles. The maximum Gasteiger partial charge on any atom is 0.573 e. The van der Waals surface area contributed by atoms with E-state index >= 15 is 0 Å². The van der Waals surface area contributed by atoms with Crippen LogP contribution >= 0.6 is 0 Å². The quantitative estimate of drug-likeness (QED) is 0.691. The number of carbonyl (C=O) groups is 1. The largest absolute Gasteiger partial charge is 0.573 e. The van der Waals surface area contributed by atoms with E-state index in [0.717, 1.165) is 17.8 Å². The zero-order chi connectivity index (χ0) is 21.6. The van der Waals surface area contributed by atoms with Crippen molar-refractivity contribution in [3.8, 4) is 17.4 Å². The third-order valence-corrected chi connectivity index (χ3v) is 4.34. The van der Waals surface area contributed by atoms with Gasteiger partial charge < -0.3 is 24.2 Å². The van der Waals surface area contributed by atoms with Crippen LogP contribution in [0.1, 0.15) is 18.4 Å². The smallest absolute Gasteiger partial charge is 0.493 e. The highest BCUT2D eigenvalue weighted by atomic mass is 19.4. The van der Waals surface area contributed by atoms with Crippen LogP contribution in [0.25, 0.3) is 0 Å². The van der Waals surface area contributed by atoms with Crippen LogP contribution in [0, 0.1) is 0 Å². The van der Waals surface area contributed by atoms with Crippen molar-refractivity contribution in [1.29, 1.82) is 0 Å². The van der Waals surface area contributed by atoms with Gasteiger partial charge in [0.15, 0.2) is 5.75 Å². The average molecular weight is 427 g/mol. The Morgan fingerprint density at radius 3 is 2.70 bits per heavy atom. The van der Waals surface area contributed by atoms with Gasteiger partial charge in [0.05, 0.1) is 32.4 Å². The number of amides is 1. The summed E-state index contributed by atoms with van der Waals surface area (Å²) < 4.78 is 52.3. The fourth-order valence-corrected chi connectivity index (χ4v) is 2.91. The van der Waals surface area contributed by atoms with Crippen molar-refractivity contribution >= 4 is 5.91 Å². The van der Waals surface area contributed by atoms with E-state index < -0.39 is 18.2 Å². The van der Waals surface area contributed by atoms with Crippen molar-refractivity contribution in [1.82, 2.24) is 15.1 Å². The van der Waals surface area contributed by atoms with Gasteiger partial charge in [-0.15, -0.1) is 18.3 Å². The summed E-state index contributed by atoms with van der Waals surface area (Å²) in [7, 11) is 0. The molecule has 8 nitrogen and oxygen atoms in total. The number of aromatic nitrogens is 2. The van der Waals surface area contributed by atoms with Crippen molar-refractivity contribution in [3.63, 3.8) is 0 Å². The molecule has 1 N–H and O–H groups in total. The summed E-state index contributed by atoms with van der Waals surface area (Å²) in [6.45, 7) is 0.735. The van der Waals surface area contributed by atoms with E-state index in [1.165, 1.54) is 0 Å². The van der Waals surface area contributed by atoms with Gasteiger partial charge in [0.25, 0.3) is 5.88 Å². The molecule has 3 rings (SSSR count). The summed E-state index contributed by atoms with van der Waals surface area (Å²) in [4.78, 5) is 13.9. The molecule has 0 bridgehead atoms. The molecular formula is C19H20F3N3O5. The van der Waals surface area contributed by atoms with Crippen LogP contribution in [0.2, 0.25) is 0 Å². The molecule has 1 aliphatic heterocycles. The van der Waals surface area contributed by atoms with Crippen LogP contribution < -0.4 is 14.2 Å². The molecule has 0 radical (unpaired) electrons. The second-order valence-corrected chi connectivity index (χ2v) is 6.52. The minimum atomic E-state index is -4.88. The topological polar surface area (TPSA) is 94.0 Å². The van der Waals surface area contributed by atoms with Gasteiger partial charge in [-0.3, -0.25) is 4.79 Å². The van der Waals surface area contributed by atoms with Crippen molar-refractivity contribution in [2.75, 3.05) is 19.7 Å². The van der Waals surface area contributed by atoms with E-state index in [0.29, 0.717) is 18.7 Å². The van der Waals surface area contributed by atoms with Crippen LogP contribution in [0.15, 0.2) is 36.5 Å². The number of halogens is 3. The fraction of sp³-hybridized carbons (Fsp3) is 0.421. The predicted molar refractivity (Wildman–Crippen MR) is 96.8 cm³/mol. The molecule has 1 fully saturated rings. The van der Waals surface area contributed by atoms with Gasteiger partial charge in [-0.1, -0.05) is 12.1 Å². The highest BCUT2D eigenvalue weighted by molar-refractivity contribution is 5.76. The number of alkyl halides is 3. The highest BCUT2D eigenvalue weighted by Gasteiger charge is 2.34. The number of carbonyl (C=O) groups excluding carboxylic acids is 1. The van der Waals surface area contributed by atoms with Crippen molar-refractivity contribution in [3.05, 3.63) is 42.1 Å². The average Bonchev–Trinajstić information content (AvgIpc) is 3.17. The van der Waals surface area contributed by atoms with Crippen molar-refractivity contribution < 1.29 is 37.3 Å². The van der Waals surface area contributed by atoms with Gasteiger partial charge in [-0.25, -0.2) is 0 Å². The summed E-state index contributed by atoms with van der Waals surface area (Å²) in [5.41, 5.74) is 0.758. The molecule has 2 aromatic rings. The summed E-state index contributed by atoms with van der Waals surface area (Å²) in [5.74, 6) is -0.520. The maximum atomic E-state index is 12.5. The molecule has 0 spiro atoms. The van der Waals surface area contributed by atoms with Gasteiger partial charge in [0, 0.05) is 19.0 Å². The van der Waals surface area contributed by atoms with Gasteiger partial charge in [-0.2, -0.15) is 5.10 Å². The Morgan fingerprint density at radius 1 is 1.23 bits per heavy atom. The molecule has 1 atom stereocenters. The number of benzene rings is 1. The molecule has 1 aliphatic rings. The lowest BCUT2D eigenvalue weighted by Crippen LogP contribution is -2.32. The summed E-state index contributed by atoms with van der Waals surface area (Å²) >= 11 is 0. The van der Waals surface area contributed by atoms with Gasteiger partial charge in [-0.05, 0) is 17.7 Å². The Hall–Kier alpha value is -3.08. The van der Waals surface area contributed by atoms with Crippen LogP contribution in [0.3, 0.4) is 0 Å². The molecule has 0 saturated carbocycles. The Bertz CT molecular complexity index is 848. The predicted octanol–water partition coefficient (Wildman–Crippen LogP) is 2.32. The first-order valence-electron chi connectivity index (χ1n) is 9.18. The normalized spacial score (nSPS) is 16.4. The fourth-order valence-electron chi connectivity index (χ4n) is 2.91. The minimum Gasteiger partial charge on any atom is -0.493 e. The third kappa shape index (κ3) is 6.21. The summed E-state index contributed by atoms with van der Waals surface area (Å²) in [6, 6.07) is 7.87. The number of likely N-dealkylation sites (tertiary alicyclic amines) is 1. The third-order valence-electron chi connectivity index (χ3n) is 4.34. The lowest BCUT2D eigenvalue weighted by atomic mass is 10.2. The Morgan fingerprint density at radius 2 is 2.00 bits per heavy atom. The molecule has 1 aromatic heterocycles. The molecule has 1 amide bonds. The minimum absolute atomic E-state index is 0.0602. The molecule has 1 unspecified atom stereocenters. The standard InChI is InChI=1S/C19H20F3N3O5/c20-19(21,22)30-16-5-8-23-24-18(16)29-15-6-9-25(11-15)17(27)7-10-28-14-3-1-13(12-26)2-4-14/h1-5,8,15,26H,6-7,9-12H2.